The quantitative estimate of drug-likeness (QED) is 0.915. The number of rotatable bonds is 3. The first-order valence-electron chi connectivity index (χ1n) is 7.55. The molecule has 22 heavy (non-hydrogen) atoms. The molecule has 118 valence electrons. The minimum absolute atomic E-state index is 0.0947. The lowest BCUT2D eigenvalue weighted by Crippen LogP contribution is -2.43. The Morgan fingerprint density at radius 2 is 2.09 bits per heavy atom. The van der Waals surface area contributed by atoms with Crippen LogP contribution in [-0.4, -0.2) is 41.0 Å². The van der Waals surface area contributed by atoms with Crippen LogP contribution in [0.2, 0.25) is 10.0 Å². The number of nitrogens with zero attached hydrogens (tertiary/aromatic N) is 1. The fraction of sp³-hybridized carbons (Fsp3) is 0.471. The van der Waals surface area contributed by atoms with Gasteiger partial charge in [-0.15, -0.1) is 0 Å². The summed E-state index contributed by atoms with van der Waals surface area (Å²) in [4.78, 5) is 14.7. The first kappa shape index (κ1) is 16.0. The minimum Gasteiger partial charge on any atom is -0.391 e. The molecule has 1 aromatic rings. The van der Waals surface area contributed by atoms with Crippen molar-refractivity contribution < 1.29 is 9.90 Å². The molecule has 0 saturated carbocycles. The molecule has 3 nitrogen and oxygen atoms in total. The predicted octanol–water partition coefficient (Wildman–Crippen LogP) is 3.56. The number of aliphatic hydroxyl groups excluding tert-OH is 1. The summed E-state index contributed by atoms with van der Waals surface area (Å²) in [6.07, 6.45) is 1.40. The number of hydrogen-bond donors (Lipinski definition) is 1. The van der Waals surface area contributed by atoms with Crippen molar-refractivity contribution in [2.75, 3.05) is 7.05 Å². The van der Waals surface area contributed by atoms with Gasteiger partial charge in [0, 0.05) is 18.0 Å². The van der Waals surface area contributed by atoms with E-state index in [0.717, 1.165) is 23.1 Å². The highest BCUT2D eigenvalue weighted by molar-refractivity contribution is 6.42. The van der Waals surface area contributed by atoms with E-state index in [-0.39, 0.29) is 17.9 Å². The van der Waals surface area contributed by atoms with Crippen LogP contribution in [0.1, 0.15) is 31.7 Å². The average molecular weight is 340 g/mol. The van der Waals surface area contributed by atoms with Crippen molar-refractivity contribution in [1.29, 1.82) is 0 Å². The SMILES string of the molecule is CCC(=O)C1=C(c2ccc(Cl)c(Cl)c2)CC2CC(O)C1N2C. The van der Waals surface area contributed by atoms with Crippen molar-refractivity contribution in [3.05, 3.63) is 39.4 Å². The number of hydrogen-bond acceptors (Lipinski definition) is 3. The van der Waals surface area contributed by atoms with Gasteiger partial charge in [0.2, 0.25) is 0 Å². The topological polar surface area (TPSA) is 40.5 Å². The molecule has 1 saturated heterocycles. The maximum atomic E-state index is 12.5. The minimum atomic E-state index is -0.485. The highest BCUT2D eigenvalue weighted by Gasteiger charge is 2.46. The fourth-order valence-corrected chi connectivity index (χ4v) is 4.00. The summed E-state index contributed by atoms with van der Waals surface area (Å²) in [6.45, 7) is 1.86. The Balaban J connectivity index is 2.16. The molecular weight excluding hydrogens is 321 g/mol. The zero-order valence-electron chi connectivity index (χ0n) is 12.6. The van der Waals surface area contributed by atoms with Gasteiger partial charge in [-0.3, -0.25) is 9.69 Å². The molecule has 2 heterocycles. The van der Waals surface area contributed by atoms with Crippen LogP contribution >= 0.6 is 23.2 Å². The highest BCUT2D eigenvalue weighted by atomic mass is 35.5. The zero-order chi connectivity index (χ0) is 16.0. The summed E-state index contributed by atoms with van der Waals surface area (Å²) in [5.74, 6) is 0.0947. The number of Topliss-reactive ketones (excluding diaryl/α,β-unsaturated/α-hetero) is 1. The van der Waals surface area contributed by atoms with E-state index in [0.29, 0.717) is 22.9 Å². The molecule has 2 aliphatic rings. The maximum absolute atomic E-state index is 12.5. The number of carbonyl (C=O) groups excluding carboxylic acids is 1. The molecule has 0 aliphatic carbocycles. The summed E-state index contributed by atoms with van der Waals surface area (Å²) in [5.41, 5.74) is 2.68. The van der Waals surface area contributed by atoms with Gasteiger partial charge in [0.05, 0.1) is 22.2 Å². The van der Waals surface area contributed by atoms with E-state index < -0.39 is 6.10 Å². The summed E-state index contributed by atoms with van der Waals surface area (Å²) >= 11 is 12.1. The zero-order valence-corrected chi connectivity index (χ0v) is 14.2. The monoisotopic (exact) mass is 339 g/mol. The lowest BCUT2D eigenvalue weighted by atomic mass is 9.85. The Kier molecular flexibility index (Phi) is 4.34. The van der Waals surface area contributed by atoms with Gasteiger partial charge < -0.3 is 5.11 Å². The first-order chi connectivity index (χ1) is 10.4. The molecule has 3 atom stereocenters. The van der Waals surface area contributed by atoms with Crippen LogP contribution in [0.25, 0.3) is 5.57 Å². The number of fused-ring (bicyclic) bond motifs is 2. The summed E-state index contributed by atoms with van der Waals surface area (Å²) in [6, 6.07) is 5.54. The van der Waals surface area contributed by atoms with Gasteiger partial charge in [0.15, 0.2) is 5.78 Å². The van der Waals surface area contributed by atoms with E-state index in [1.807, 2.05) is 26.1 Å². The Hall–Kier alpha value is -0.870. The second-order valence-corrected chi connectivity index (χ2v) is 6.88. The van der Waals surface area contributed by atoms with E-state index in [4.69, 9.17) is 23.2 Å². The van der Waals surface area contributed by atoms with Gasteiger partial charge in [-0.2, -0.15) is 0 Å². The van der Waals surface area contributed by atoms with Gasteiger partial charge >= 0.3 is 0 Å². The standard InChI is InChI=1S/C17H19Cl2NO2/c1-3-14(21)16-11(9-4-5-12(18)13(19)6-9)7-10-8-15(22)17(16)20(10)2/h4-6,10,15,17,22H,3,7-8H2,1-2H3. The average Bonchev–Trinajstić information content (AvgIpc) is 2.68. The van der Waals surface area contributed by atoms with Crippen molar-refractivity contribution in [2.24, 2.45) is 0 Å². The highest BCUT2D eigenvalue weighted by Crippen LogP contribution is 2.43. The fourth-order valence-electron chi connectivity index (χ4n) is 3.70. The second kappa shape index (κ2) is 5.97. The van der Waals surface area contributed by atoms with Crippen molar-refractivity contribution in [3.63, 3.8) is 0 Å². The maximum Gasteiger partial charge on any atom is 0.160 e. The van der Waals surface area contributed by atoms with E-state index in [9.17, 15) is 9.90 Å². The van der Waals surface area contributed by atoms with Crippen LogP contribution in [-0.2, 0) is 4.79 Å². The van der Waals surface area contributed by atoms with Crippen molar-refractivity contribution in [1.82, 2.24) is 4.90 Å². The van der Waals surface area contributed by atoms with E-state index in [1.165, 1.54) is 0 Å². The normalized spacial score (nSPS) is 28.3. The van der Waals surface area contributed by atoms with Crippen LogP contribution in [0.15, 0.2) is 23.8 Å². The van der Waals surface area contributed by atoms with Gasteiger partial charge in [0.25, 0.3) is 0 Å². The molecule has 0 spiro atoms. The first-order valence-corrected chi connectivity index (χ1v) is 8.31. The molecule has 2 bridgehead atoms. The molecule has 2 aliphatic heterocycles. The smallest absolute Gasteiger partial charge is 0.160 e. The van der Waals surface area contributed by atoms with Gasteiger partial charge in [0.1, 0.15) is 0 Å². The molecule has 0 amide bonds. The largest absolute Gasteiger partial charge is 0.391 e. The van der Waals surface area contributed by atoms with Crippen LogP contribution in [0, 0.1) is 0 Å². The van der Waals surface area contributed by atoms with Crippen molar-refractivity contribution in [2.45, 2.75) is 44.4 Å². The number of carbonyl (C=O) groups is 1. The number of ketones is 1. The third kappa shape index (κ3) is 2.50. The number of likely N-dealkylation sites (N-methyl/N-ethyl adjacent to an activating group) is 1. The third-order valence-corrected chi connectivity index (χ3v) is 5.58. The van der Waals surface area contributed by atoms with E-state index in [2.05, 4.69) is 4.90 Å². The van der Waals surface area contributed by atoms with Crippen molar-refractivity contribution in [3.8, 4) is 0 Å². The van der Waals surface area contributed by atoms with Crippen LogP contribution in [0.4, 0.5) is 0 Å². The molecule has 5 heteroatoms. The molecule has 3 rings (SSSR count). The van der Waals surface area contributed by atoms with Gasteiger partial charge in [-0.05, 0) is 43.2 Å². The van der Waals surface area contributed by atoms with E-state index in [1.54, 1.807) is 6.07 Å². The Morgan fingerprint density at radius 3 is 2.73 bits per heavy atom. The Labute approximate surface area is 140 Å². The van der Waals surface area contributed by atoms with Crippen LogP contribution in [0.3, 0.4) is 0 Å². The molecule has 0 radical (unpaired) electrons. The van der Waals surface area contributed by atoms with Gasteiger partial charge in [-0.25, -0.2) is 0 Å². The lowest BCUT2D eigenvalue weighted by molar-refractivity contribution is -0.116. The number of aliphatic hydroxyl groups is 1. The summed E-state index contributed by atoms with van der Waals surface area (Å²) < 4.78 is 0. The number of halogens is 2. The molecular formula is C17H19Cl2NO2. The molecule has 1 N–H and O–H groups in total. The predicted molar refractivity (Wildman–Crippen MR) is 89.3 cm³/mol. The Morgan fingerprint density at radius 1 is 1.36 bits per heavy atom. The molecule has 1 aromatic carbocycles. The lowest BCUT2D eigenvalue weighted by Gasteiger charge is -2.35. The molecule has 3 unspecified atom stereocenters. The molecule has 0 aromatic heterocycles. The summed E-state index contributed by atoms with van der Waals surface area (Å²) in [5, 5.41) is 11.4. The summed E-state index contributed by atoms with van der Waals surface area (Å²) in [7, 11) is 1.99. The Bertz CT molecular complexity index is 656. The third-order valence-electron chi connectivity index (χ3n) is 4.84. The number of benzene rings is 1. The van der Waals surface area contributed by atoms with E-state index >= 15 is 0 Å². The molecule has 1 fully saturated rings. The second-order valence-electron chi connectivity index (χ2n) is 6.07. The van der Waals surface area contributed by atoms with Crippen LogP contribution < -0.4 is 0 Å². The van der Waals surface area contributed by atoms with Crippen LogP contribution in [0.5, 0.6) is 0 Å². The van der Waals surface area contributed by atoms with Crippen molar-refractivity contribution >= 4 is 34.6 Å². The van der Waals surface area contributed by atoms with Gasteiger partial charge in [-0.1, -0.05) is 36.2 Å².